The van der Waals surface area contributed by atoms with Gasteiger partial charge < -0.3 is 10.2 Å². The third kappa shape index (κ3) is 3.47. The zero-order valence-corrected chi connectivity index (χ0v) is 11.6. The van der Waals surface area contributed by atoms with Crippen LogP contribution in [0.1, 0.15) is 18.9 Å². The molecule has 2 heterocycles. The highest BCUT2D eigenvalue weighted by atomic mass is 35.5. The highest BCUT2D eigenvalue weighted by molar-refractivity contribution is 6.30. The summed E-state index contributed by atoms with van der Waals surface area (Å²) in [5.41, 5.74) is 2.28. The average Bonchev–Trinajstić information content (AvgIpc) is 2.67. The van der Waals surface area contributed by atoms with Crippen LogP contribution in [0.25, 0.3) is 0 Å². The summed E-state index contributed by atoms with van der Waals surface area (Å²) in [5, 5.41) is 4.02. The van der Waals surface area contributed by atoms with Gasteiger partial charge in [-0.2, -0.15) is 0 Å². The van der Waals surface area contributed by atoms with Crippen LogP contribution < -0.4 is 10.2 Å². The van der Waals surface area contributed by atoms with Crippen molar-refractivity contribution in [1.82, 2.24) is 10.3 Å². The first-order valence-corrected chi connectivity index (χ1v) is 6.90. The molecule has 0 radical (unpaired) electrons. The van der Waals surface area contributed by atoms with Crippen molar-refractivity contribution in [2.24, 2.45) is 0 Å². The van der Waals surface area contributed by atoms with Crippen molar-refractivity contribution in [2.45, 2.75) is 19.8 Å². The van der Waals surface area contributed by atoms with Gasteiger partial charge >= 0.3 is 0 Å². The van der Waals surface area contributed by atoms with Gasteiger partial charge in [0, 0.05) is 19.6 Å². The van der Waals surface area contributed by atoms with E-state index in [1.54, 1.807) is 0 Å². The van der Waals surface area contributed by atoms with Crippen molar-refractivity contribution in [3.05, 3.63) is 35.1 Å². The van der Waals surface area contributed by atoms with E-state index in [0.29, 0.717) is 5.15 Å². The monoisotopic (exact) mass is 265 g/mol. The second-order valence-corrected chi connectivity index (χ2v) is 4.87. The molecule has 1 fully saturated rings. The minimum Gasteiger partial charge on any atom is -0.369 e. The van der Waals surface area contributed by atoms with Gasteiger partial charge in [0.2, 0.25) is 0 Å². The fraction of sp³-hybridized carbons (Fsp3) is 0.500. The zero-order valence-electron chi connectivity index (χ0n) is 10.8. The maximum absolute atomic E-state index is 6.13. The van der Waals surface area contributed by atoms with Crippen LogP contribution in [0, 0.1) is 0 Å². The Kier molecular flexibility index (Phi) is 5.02. The van der Waals surface area contributed by atoms with Crippen LogP contribution in [-0.2, 0) is 6.42 Å². The Morgan fingerprint density at radius 1 is 1.44 bits per heavy atom. The van der Waals surface area contributed by atoms with Gasteiger partial charge in [0.15, 0.2) is 0 Å². The van der Waals surface area contributed by atoms with Gasteiger partial charge in [-0.15, -0.1) is 0 Å². The quantitative estimate of drug-likeness (QED) is 0.673. The van der Waals surface area contributed by atoms with Gasteiger partial charge in [0.25, 0.3) is 0 Å². The summed E-state index contributed by atoms with van der Waals surface area (Å²) in [6.07, 6.45) is 8.05. The number of anilines is 1. The SMILES string of the molecule is CC=CCc1cc(N2CCCNCC2)cnc1Cl. The Morgan fingerprint density at radius 2 is 2.33 bits per heavy atom. The second kappa shape index (κ2) is 6.76. The summed E-state index contributed by atoms with van der Waals surface area (Å²) in [5.74, 6) is 0. The summed E-state index contributed by atoms with van der Waals surface area (Å²) in [4.78, 5) is 6.68. The summed E-state index contributed by atoms with van der Waals surface area (Å²) in [6.45, 7) is 6.27. The maximum atomic E-state index is 6.13. The van der Waals surface area contributed by atoms with Crippen LogP contribution in [0.15, 0.2) is 24.4 Å². The molecule has 0 aromatic carbocycles. The van der Waals surface area contributed by atoms with Crippen molar-refractivity contribution < 1.29 is 0 Å². The molecule has 0 amide bonds. The van der Waals surface area contributed by atoms with Crippen LogP contribution in [0.3, 0.4) is 0 Å². The molecule has 4 heteroatoms. The van der Waals surface area contributed by atoms with E-state index in [9.17, 15) is 0 Å². The smallest absolute Gasteiger partial charge is 0.132 e. The predicted octanol–water partition coefficient (Wildman–Crippen LogP) is 2.65. The molecule has 0 aliphatic carbocycles. The van der Waals surface area contributed by atoms with E-state index in [2.05, 4.69) is 27.3 Å². The molecule has 1 saturated heterocycles. The van der Waals surface area contributed by atoms with Gasteiger partial charge in [-0.05, 0) is 37.9 Å². The highest BCUT2D eigenvalue weighted by Crippen LogP contribution is 2.22. The molecule has 1 aromatic heterocycles. The first kappa shape index (κ1) is 13.4. The van der Waals surface area contributed by atoms with Crippen LogP contribution in [0.5, 0.6) is 0 Å². The minimum atomic E-state index is 0.616. The van der Waals surface area contributed by atoms with Crippen LogP contribution in [0.4, 0.5) is 5.69 Å². The van der Waals surface area contributed by atoms with Crippen LogP contribution >= 0.6 is 11.6 Å². The third-order valence-corrected chi connectivity index (χ3v) is 3.52. The highest BCUT2D eigenvalue weighted by Gasteiger charge is 2.11. The number of rotatable bonds is 3. The number of hydrogen-bond donors (Lipinski definition) is 1. The topological polar surface area (TPSA) is 28.2 Å². The van der Waals surface area contributed by atoms with Crippen molar-refractivity contribution in [3.63, 3.8) is 0 Å². The molecule has 0 atom stereocenters. The lowest BCUT2D eigenvalue weighted by atomic mass is 10.2. The van der Waals surface area contributed by atoms with E-state index < -0.39 is 0 Å². The lowest BCUT2D eigenvalue weighted by molar-refractivity contribution is 0.724. The standard InChI is InChI=1S/C14H20ClN3/c1-2-3-5-12-10-13(11-17-14(12)15)18-8-4-6-16-7-9-18/h2-3,10-11,16H,4-9H2,1H3. The molecule has 1 N–H and O–H groups in total. The number of pyridine rings is 1. The largest absolute Gasteiger partial charge is 0.369 e. The van der Waals surface area contributed by atoms with Crippen molar-refractivity contribution in [2.75, 3.05) is 31.1 Å². The minimum absolute atomic E-state index is 0.616. The van der Waals surface area contributed by atoms with Gasteiger partial charge in [0.1, 0.15) is 5.15 Å². The number of halogens is 1. The van der Waals surface area contributed by atoms with Crippen molar-refractivity contribution in [1.29, 1.82) is 0 Å². The number of allylic oxidation sites excluding steroid dienone is 2. The molecule has 1 aliphatic heterocycles. The zero-order chi connectivity index (χ0) is 12.8. The molecule has 1 aromatic rings. The molecule has 0 spiro atoms. The lowest BCUT2D eigenvalue weighted by Gasteiger charge is -2.22. The Morgan fingerprint density at radius 3 is 3.17 bits per heavy atom. The molecule has 3 nitrogen and oxygen atoms in total. The number of hydrogen-bond acceptors (Lipinski definition) is 3. The van der Waals surface area contributed by atoms with E-state index in [1.165, 1.54) is 12.1 Å². The van der Waals surface area contributed by atoms with E-state index in [-0.39, 0.29) is 0 Å². The lowest BCUT2D eigenvalue weighted by Crippen LogP contribution is -2.28. The fourth-order valence-corrected chi connectivity index (χ4v) is 2.33. The van der Waals surface area contributed by atoms with Crippen molar-refractivity contribution in [3.8, 4) is 0 Å². The molecule has 0 saturated carbocycles. The summed E-state index contributed by atoms with van der Waals surface area (Å²) in [6, 6.07) is 2.17. The maximum Gasteiger partial charge on any atom is 0.132 e. The number of aromatic nitrogens is 1. The van der Waals surface area contributed by atoms with Crippen LogP contribution in [-0.4, -0.2) is 31.2 Å². The van der Waals surface area contributed by atoms with E-state index >= 15 is 0 Å². The molecule has 1 aliphatic rings. The molecular formula is C14H20ClN3. The Bertz CT molecular complexity index is 410. The summed E-state index contributed by atoms with van der Waals surface area (Å²) < 4.78 is 0. The van der Waals surface area contributed by atoms with Crippen LogP contribution in [0.2, 0.25) is 5.15 Å². The van der Waals surface area contributed by atoms with Gasteiger partial charge in [-0.1, -0.05) is 23.8 Å². The Balaban J connectivity index is 2.16. The average molecular weight is 266 g/mol. The summed E-state index contributed by atoms with van der Waals surface area (Å²) >= 11 is 6.13. The Labute approximate surface area is 114 Å². The molecule has 0 unspecified atom stereocenters. The molecular weight excluding hydrogens is 246 g/mol. The first-order chi connectivity index (χ1) is 8.81. The van der Waals surface area contributed by atoms with Gasteiger partial charge in [-0.3, -0.25) is 0 Å². The van der Waals surface area contributed by atoms with Crippen molar-refractivity contribution >= 4 is 17.3 Å². The molecule has 98 valence electrons. The first-order valence-electron chi connectivity index (χ1n) is 6.52. The third-order valence-electron chi connectivity index (χ3n) is 3.18. The molecule has 0 bridgehead atoms. The van der Waals surface area contributed by atoms with Gasteiger partial charge in [0.05, 0.1) is 11.9 Å². The molecule has 18 heavy (non-hydrogen) atoms. The number of nitrogens with one attached hydrogen (secondary N) is 1. The van der Waals surface area contributed by atoms with E-state index in [4.69, 9.17) is 11.6 Å². The number of nitrogens with zero attached hydrogens (tertiary/aromatic N) is 2. The van der Waals surface area contributed by atoms with E-state index in [1.807, 2.05) is 19.2 Å². The normalized spacial score (nSPS) is 17.1. The molecule has 2 rings (SSSR count). The second-order valence-electron chi connectivity index (χ2n) is 4.51. The fourth-order valence-electron chi connectivity index (χ4n) is 2.15. The summed E-state index contributed by atoms with van der Waals surface area (Å²) in [7, 11) is 0. The van der Waals surface area contributed by atoms with Gasteiger partial charge in [-0.25, -0.2) is 4.98 Å². The Hall–Kier alpha value is -1.06. The van der Waals surface area contributed by atoms with E-state index in [0.717, 1.165) is 38.2 Å². The predicted molar refractivity (Wildman–Crippen MR) is 77.5 cm³/mol.